The third kappa shape index (κ3) is 2.49. The fraction of sp³-hybridized carbons (Fsp3) is 0.174. The number of carbonyl (C=O) groups is 1. The zero-order valence-electron chi connectivity index (χ0n) is 15.0. The van der Waals surface area contributed by atoms with E-state index >= 15 is 0 Å². The Morgan fingerprint density at radius 1 is 0.893 bits per heavy atom. The summed E-state index contributed by atoms with van der Waals surface area (Å²) in [6.07, 6.45) is -0.553. The van der Waals surface area contributed by atoms with E-state index in [1.54, 1.807) is 6.07 Å². The Morgan fingerprint density at radius 2 is 1.61 bits per heavy atom. The van der Waals surface area contributed by atoms with E-state index in [0.717, 1.165) is 11.1 Å². The average Bonchev–Trinajstić information content (AvgIpc) is 3.17. The molecule has 2 aliphatic rings. The Labute approximate surface area is 167 Å². The maximum absolute atomic E-state index is 13.8. The van der Waals surface area contributed by atoms with Gasteiger partial charge in [0.1, 0.15) is 5.75 Å². The van der Waals surface area contributed by atoms with Crippen LogP contribution in [-0.4, -0.2) is 17.9 Å². The standard InChI is InChI=1S/C23H17ClN2O2/c24-17-12-10-15(11-13-17)19-14-25-26-23(19)21(27)18-8-4-5-9-20(18)28-22(23)16-6-2-1-3-7-16/h1-13,19,22H,14H2/t19-,22+,23+/m0/s1. The van der Waals surface area contributed by atoms with Gasteiger partial charge in [-0.05, 0) is 35.4 Å². The number of fused-ring (bicyclic) bond motifs is 1. The largest absolute Gasteiger partial charge is 0.482 e. The number of halogens is 1. The van der Waals surface area contributed by atoms with Gasteiger partial charge in [0.15, 0.2) is 11.6 Å². The highest BCUT2D eigenvalue weighted by Gasteiger charge is 2.60. The molecule has 3 aromatic carbocycles. The van der Waals surface area contributed by atoms with Gasteiger partial charge in [0.05, 0.1) is 12.1 Å². The van der Waals surface area contributed by atoms with Crippen LogP contribution in [0.1, 0.15) is 33.5 Å². The van der Waals surface area contributed by atoms with Gasteiger partial charge in [-0.15, -0.1) is 0 Å². The highest BCUT2D eigenvalue weighted by Crippen LogP contribution is 2.52. The van der Waals surface area contributed by atoms with Crippen LogP contribution in [0.25, 0.3) is 0 Å². The first-order valence-electron chi connectivity index (χ1n) is 9.20. The molecule has 0 N–H and O–H groups in total. The van der Waals surface area contributed by atoms with Crippen molar-refractivity contribution < 1.29 is 9.53 Å². The molecule has 0 saturated heterocycles. The summed E-state index contributed by atoms with van der Waals surface area (Å²) in [5.41, 5.74) is 1.30. The zero-order valence-corrected chi connectivity index (χ0v) is 15.7. The summed E-state index contributed by atoms with van der Waals surface area (Å²) in [5.74, 6) is 0.309. The van der Waals surface area contributed by atoms with Crippen LogP contribution in [-0.2, 0) is 0 Å². The van der Waals surface area contributed by atoms with Gasteiger partial charge in [0.25, 0.3) is 0 Å². The quantitative estimate of drug-likeness (QED) is 0.570. The maximum atomic E-state index is 13.8. The first-order chi connectivity index (χ1) is 13.7. The number of azo groups is 1. The van der Waals surface area contributed by atoms with Crippen molar-refractivity contribution in [1.29, 1.82) is 0 Å². The van der Waals surface area contributed by atoms with Crippen molar-refractivity contribution in [1.82, 2.24) is 0 Å². The van der Waals surface area contributed by atoms with Gasteiger partial charge in [-0.2, -0.15) is 10.2 Å². The summed E-state index contributed by atoms with van der Waals surface area (Å²) in [6, 6.07) is 24.7. The summed E-state index contributed by atoms with van der Waals surface area (Å²) in [6.45, 7) is 0.433. The van der Waals surface area contributed by atoms with Crippen LogP contribution in [0.2, 0.25) is 5.02 Å². The van der Waals surface area contributed by atoms with Crippen LogP contribution in [0.15, 0.2) is 89.1 Å². The van der Waals surface area contributed by atoms with Gasteiger partial charge in [-0.3, -0.25) is 4.79 Å². The van der Waals surface area contributed by atoms with E-state index in [2.05, 4.69) is 10.2 Å². The number of ketones is 1. The van der Waals surface area contributed by atoms with Gasteiger partial charge in [0.2, 0.25) is 5.78 Å². The topological polar surface area (TPSA) is 51.0 Å². The van der Waals surface area contributed by atoms with Gasteiger partial charge in [-0.25, -0.2) is 0 Å². The predicted octanol–water partition coefficient (Wildman–Crippen LogP) is 5.64. The lowest BCUT2D eigenvalue weighted by Gasteiger charge is -2.41. The molecule has 0 radical (unpaired) electrons. The number of hydrogen-bond acceptors (Lipinski definition) is 4. The van der Waals surface area contributed by atoms with Crippen molar-refractivity contribution >= 4 is 17.4 Å². The van der Waals surface area contributed by atoms with Crippen molar-refractivity contribution in [3.8, 4) is 5.75 Å². The number of ether oxygens (including phenoxy) is 1. The summed E-state index contributed by atoms with van der Waals surface area (Å²) >= 11 is 6.08. The van der Waals surface area contributed by atoms with E-state index < -0.39 is 11.6 Å². The Hall–Kier alpha value is -2.98. The first-order valence-corrected chi connectivity index (χ1v) is 9.57. The lowest BCUT2D eigenvalue weighted by Crippen LogP contribution is -2.51. The first kappa shape index (κ1) is 17.1. The molecule has 0 amide bonds. The zero-order chi connectivity index (χ0) is 19.1. The highest BCUT2D eigenvalue weighted by atomic mass is 35.5. The molecule has 3 aromatic rings. The van der Waals surface area contributed by atoms with Gasteiger partial charge < -0.3 is 4.74 Å². The third-order valence-electron chi connectivity index (χ3n) is 5.55. The minimum absolute atomic E-state index is 0.0515. The molecule has 2 heterocycles. The van der Waals surface area contributed by atoms with Gasteiger partial charge in [-0.1, -0.05) is 66.2 Å². The van der Waals surface area contributed by atoms with Crippen LogP contribution in [0, 0.1) is 0 Å². The van der Waals surface area contributed by atoms with E-state index in [1.165, 1.54) is 0 Å². The second-order valence-electron chi connectivity index (χ2n) is 7.09. The molecule has 4 nitrogen and oxygen atoms in total. The van der Waals surface area contributed by atoms with Crippen molar-refractivity contribution in [3.63, 3.8) is 0 Å². The Morgan fingerprint density at radius 3 is 2.39 bits per heavy atom. The van der Waals surface area contributed by atoms with E-state index in [9.17, 15) is 4.79 Å². The lowest BCUT2D eigenvalue weighted by molar-refractivity contribution is 0.0521. The molecular weight excluding hydrogens is 372 g/mol. The van der Waals surface area contributed by atoms with Crippen LogP contribution in [0.4, 0.5) is 0 Å². The maximum Gasteiger partial charge on any atom is 0.200 e. The van der Waals surface area contributed by atoms with E-state index in [1.807, 2.05) is 72.8 Å². The van der Waals surface area contributed by atoms with Crippen molar-refractivity contribution in [3.05, 3.63) is 101 Å². The molecule has 5 rings (SSSR count). The molecule has 0 aliphatic carbocycles. The van der Waals surface area contributed by atoms with Crippen molar-refractivity contribution in [2.75, 3.05) is 6.54 Å². The van der Waals surface area contributed by atoms with Crippen molar-refractivity contribution in [2.45, 2.75) is 17.6 Å². The summed E-state index contributed by atoms with van der Waals surface area (Å²) in [5, 5.41) is 9.55. The second-order valence-corrected chi connectivity index (χ2v) is 7.52. The molecule has 0 saturated carbocycles. The van der Waals surface area contributed by atoms with Crippen LogP contribution in [0.3, 0.4) is 0 Å². The van der Waals surface area contributed by atoms with Crippen LogP contribution < -0.4 is 4.74 Å². The molecular formula is C23H17ClN2O2. The molecule has 1 spiro atoms. The van der Waals surface area contributed by atoms with Gasteiger partial charge >= 0.3 is 0 Å². The minimum atomic E-state index is -1.14. The molecule has 5 heteroatoms. The molecule has 28 heavy (non-hydrogen) atoms. The molecule has 2 aliphatic heterocycles. The van der Waals surface area contributed by atoms with E-state index in [0.29, 0.717) is 22.9 Å². The molecule has 0 fully saturated rings. The second kappa shape index (κ2) is 6.57. The monoisotopic (exact) mass is 388 g/mol. The van der Waals surface area contributed by atoms with Gasteiger partial charge in [0, 0.05) is 10.9 Å². The minimum Gasteiger partial charge on any atom is -0.482 e. The number of para-hydroxylation sites is 1. The number of carbonyl (C=O) groups excluding carboxylic acids is 1. The molecule has 3 atom stereocenters. The van der Waals surface area contributed by atoms with E-state index in [4.69, 9.17) is 16.3 Å². The summed E-state index contributed by atoms with van der Waals surface area (Å²) in [7, 11) is 0. The molecule has 0 bridgehead atoms. The van der Waals surface area contributed by atoms with Crippen LogP contribution >= 0.6 is 11.6 Å². The third-order valence-corrected chi connectivity index (χ3v) is 5.80. The van der Waals surface area contributed by atoms with Crippen LogP contribution in [0.5, 0.6) is 5.75 Å². The number of benzene rings is 3. The van der Waals surface area contributed by atoms with Crippen molar-refractivity contribution in [2.24, 2.45) is 10.2 Å². The SMILES string of the molecule is O=C1c2ccccc2O[C@H](c2ccccc2)[C@]12N=NC[C@H]2c1ccc(Cl)cc1. The normalized spacial score (nSPS) is 25.5. The number of hydrogen-bond donors (Lipinski definition) is 0. The predicted molar refractivity (Wildman–Crippen MR) is 107 cm³/mol. The number of rotatable bonds is 2. The summed E-state index contributed by atoms with van der Waals surface area (Å²) in [4.78, 5) is 13.8. The Kier molecular flexibility index (Phi) is 4.02. The average molecular weight is 389 g/mol. The smallest absolute Gasteiger partial charge is 0.200 e. The molecule has 138 valence electrons. The lowest BCUT2D eigenvalue weighted by atomic mass is 9.69. The highest BCUT2D eigenvalue weighted by molar-refractivity contribution is 6.30. The molecule has 0 aromatic heterocycles. The summed E-state index contributed by atoms with van der Waals surface area (Å²) < 4.78 is 6.40. The number of nitrogens with zero attached hydrogens (tertiary/aromatic N) is 2. The number of Topliss-reactive ketones (excluding diaryl/α,β-unsaturated/α-hetero) is 1. The molecule has 0 unspecified atom stereocenters. The fourth-order valence-electron chi connectivity index (χ4n) is 4.20. The van der Waals surface area contributed by atoms with E-state index in [-0.39, 0.29) is 11.7 Å². The Balaban J connectivity index is 1.72. The fourth-order valence-corrected chi connectivity index (χ4v) is 4.33. The Bertz CT molecular complexity index is 1070.